The Balaban J connectivity index is 1.23. The summed E-state index contributed by atoms with van der Waals surface area (Å²) < 4.78 is 11.5. The lowest BCUT2D eigenvalue weighted by Crippen LogP contribution is -2.48. The van der Waals surface area contributed by atoms with E-state index in [0.29, 0.717) is 6.54 Å². The molecule has 2 heterocycles. The van der Waals surface area contributed by atoms with Crippen LogP contribution in [0.15, 0.2) is 84.9 Å². The predicted molar refractivity (Wildman–Crippen MR) is 145 cm³/mol. The van der Waals surface area contributed by atoms with Crippen LogP contribution in [0.1, 0.15) is 17.5 Å². The molecule has 186 valence electrons. The summed E-state index contributed by atoms with van der Waals surface area (Å²) in [5.74, 6) is 1.65. The Hall–Kier alpha value is -3.11. The molecule has 2 bridgehead atoms. The average molecular weight is 597 g/mol. The molecule has 8 heteroatoms. The molecule has 2 saturated heterocycles. The van der Waals surface area contributed by atoms with E-state index in [9.17, 15) is 9.59 Å². The van der Waals surface area contributed by atoms with Crippen molar-refractivity contribution in [3.8, 4) is 11.5 Å². The van der Waals surface area contributed by atoms with Crippen LogP contribution in [-0.2, 0) is 17.8 Å². The molecular formula is C28H28IN3O4. The highest BCUT2D eigenvalue weighted by molar-refractivity contribution is 14.1. The zero-order chi connectivity index (χ0) is 24.9. The number of hydrazine groups is 1. The maximum atomic E-state index is 13.1. The van der Waals surface area contributed by atoms with Gasteiger partial charge in [0.05, 0.1) is 12.1 Å². The van der Waals surface area contributed by atoms with Gasteiger partial charge in [-0.3, -0.25) is 9.69 Å². The second-order valence-electron chi connectivity index (χ2n) is 9.06. The fraction of sp³-hybridized carbons (Fsp3) is 0.286. The molecule has 0 aliphatic carbocycles. The molecule has 5 rings (SSSR count). The minimum Gasteiger partial charge on any atom is -0.457 e. The van der Waals surface area contributed by atoms with Crippen LogP contribution in [0.4, 0.5) is 9.59 Å². The van der Waals surface area contributed by atoms with Gasteiger partial charge in [-0.2, -0.15) is 0 Å². The fourth-order valence-electron chi connectivity index (χ4n) is 4.98. The van der Waals surface area contributed by atoms with Crippen LogP contribution < -0.4 is 4.74 Å². The minimum atomic E-state index is -0.472. The minimum absolute atomic E-state index is 0.0479. The number of likely N-dealkylation sites (tertiary alicyclic amines) is 1. The first-order valence-corrected chi connectivity index (χ1v) is 13.2. The van der Waals surface area contributed by atoms with Crippen molar-refractivity contribution in [1.29, 1.82) is 0 Å². The van der Waals surface area contributed by atoms with Crippen molar-refractivity contribution in [3.05, 3.63) is 96.1 Å². The number of carbonyl (C=O) groups is 2. The summed E-state index contributed by atoms with van der Waals surface area (Å²) in [5.41, 5.74) is 2.04. The summed E-state index contributed by atoms with van der Waals surface area (Å²) in [5, 5.41) is 3.12. The predicted octanol–water partition coefficient (Wildman–Crippen LogP) is 5.89. The molecule has 2 aliphatic heterocycles. The Bertz CT molecular complexity index is 1190. The molecule has 2 atom stereocenters. The Morgan fingerprint density at radius 3 is 2.19 bits per heavy atom. The third-order valence-corrected chi connectivity index (χ3v) is 7.11. The summed E-state index contributed by atoms with van der Waals surface area (Å²) in [6, 6.07) is 27.3. The van der Waals surface area contributed by atoms with Crippen LogP contribution in [0.2, 0.25) is 0 Å². The molecule has 0 radical (unpaired) electrons. The summed E-state index contributed by atoms with van der Waals surface area (Å²) in [6.45, 7) is 2.39. The van der Waals surface area contributed by atoms with Crippen LogP contribution in [0.3, 0.4) is 0 Å². The molecule has 2 aliphatic rings. The number of rotatable bonds is 7. The van der Waals surface area contributed by atoms with Crippen molar-refractivity contribution in [1.82, 2.24) is 14.9 Å². The van der Waals surface area contributed by atoms with E-state index >= 15 is 0 Å². The van der Waals surface area contributed by atoms with E-state index in [4.69, 9.17) is 9.47 Å². The number of nitrogens with zero attached hydrogens (tertiary/aromatic N) is 3. The van der Waals surface area contributed by atoms with E-state index in [2.05, 4.69) is 11.0 Å². The number of fused-ring (bicyclic) bond motifs is 2. The van der Waals surface area contributed by atoms with E-state index in [-0.39, 0.29) is 22.6 Å². The zero-order valence-corrected chi connectivity index (χ0v) is 22.0. The number of hydrogen-bond acceptors (Lipinski definition) is 5. The number of ether oxygens (including phenoxy) is 2. The van der Waals surface area contributed by atoms with Crippen molar-refractivity contribution in [3.63, 3.8) is 0 Å². The number of piperidine rings is 1. The lowest BCUT2D eigenvalue weighted by atomic mass is 10.0. The van der Waals surface area contributed by atoms with Crippen LogP contribution in [0.5, 0.6) is 11.5 Å². The third kappa shape index (κ3) is 5.65. The lowest BCUT2D eigenvalue weighted by Gasteiger charge is -2.30. The Morgan fingerprint density at radius 2 is 1.47 bits per heavy atom. The normalized spacial score (nSPS) is 19.2. The molecule has 2 fully saturated rings. The molecule has 0 spiro atoms. The number of benzene rings is 3. The summed E-state index contributed by atoms with van der Waals surface area (Å²) in [6.07, 6.45) is 1.10. The highest BCUT2D eigenvalue weighted by Gasteiger charge is 2.49. The number of halogens is 1. The van der Waals surface area contributed by atoms with Crippen LogP contribution in [-0.4, -0.2) is 56.6 Å². The van der Waals surface area contributed by atoms with Gasteiger partial charge in [-0.1, -0.05) is 66.7 Å². The molecule has 2 amide bonds. The second-order valence-corrected chi connectivity index (χ2v) is 9.98. The number of hydrogen-bond donors (Lipinski definition) is 0. The highest BCUT2D eigenvalue weighted by atomic mass is 127. The summed E-state index contributed by atoms with van der Waals surface area (Å²) >= 11 is 1.76. The zero-order valence-electron chi connectivity index (χ0n) is 19.8. The molecular weight excluding hydrogens is 569 g/mol. The van der Waals surface area contributed by atoms with E-state index < -0.39 is 6.09 Å². The van der Waals surface area contributed by atoms with Gasteiger partial charge in [0, 0.05) is 42.2 Å². The van der Waals surface area contributed by atoms with Gasteiger partial charge in [0.1, 0.15) is 18.1 Å². The second kappa shape index (κ2) is 11.3. The molecule has 2 unspecified atom stereocenters. The van der Waals surface area contributed by atoms with Crippen molar-refractivity contribution in [2.45, 2.75) is 31.5 Å². The average Bonchev–Trinajstić information content (AvgIpc) is 3.18. The molecule has 3 aromatic carbocycles. The van der Waals surface area contributed by atoms with E-state index in [1.165, 1.54) is 5.01 Å². The summed E-state index contributed by atoms with van der Waals surface area (Å²) in [7, 11) is 0. The van der Waals surface area contributed by atoms with Crippen molar-refractivity contribution < 1.29 is 19.1 Å². The first kappa shape index (κ1) is 24.6. The summed E-state index contributed by atoms with van der Waals surface area (Å²) in [4.78, 5) is 27.9. The SMILES string of the molecule is O=C(I)N1C2CC(CN(CCc3ccccc3Oc3ccccc3)C2)N1C(=O)OCc1ccccc1. The van der Waals surface area contributed by atoms with Crippen LogP contribution in [0, 0.1) is 0 Å². The van der Waals surface area contributed by atoms with E-state index in [0.717, 1.165) is 48.6 Å². The Morgan fingerprint density at radius 1 is 0.833 bits per heavy atom. The van der Waals surface area contributed by atoms with Gasteiger partial charge in [0.2, 0.25) is 0 Å². The molecule has 36 heavy (non-hydrogen) atoms. The van der Waals surface area contributed by atoms with Crippen LogP contribution >= 0.6 is 22.6 Å². The van der Waals surface area contributed by atoms with Gasteiger partial charge in [0.15, 0.2) is 0 Å². The Labute approximate surface area is 224 Å². The lowest BCUT2D eigenvalue weighted by molar-refractivity contribution is 0.0164. The van der Waals surface area contributed by atoms with Gasteiger partial charge in [-0.25, -0.2) is 14.8 Å². The topological polar surface area (TPSA) is 62.3 Å². The van der Waals surface area contributed by atoms with Crippen LogP contribution in [0.25, 0.3) is 0 Å². The number of para-hydroxylation sites is 2. The third-order valence-electron chi connectivity index (χ3n) is 6.62. The fourth-order valence-corrected chi connectivity index (χ4v) is 5.60. The maximum absolute atomic E-state index is 13.1. The largest absolute Gasteiger partial charge is 0.457 e. The van der Waals surface area contributed by atoms with E-state index in [1.807, 2.05) is 78.9 Å². The number of carbonyl (C=O) groups excluding carboxylic acids is 2. The first-order valence-electron chi connectivity index (χ1n) is 12.1. The Kier molecular flexibility index (Phi) is 7.72. The van der Waals surface area contributed by atoms with Gasteiger partial charge in [0.25, 0.3) is 0 Å². The monoisotopic (exact) mass is 597 g/mol. The first-order chi connectivity index (χ1) is 17.6. The van der Waals surface area contributed by atoms with Gasteiger partial charge >= 0.3 is 10.0 Å². The number of amides is 2. The van der Waals surface area contributed by atoms with E-state index in [1.54, 1.807) is 27.6 Å². The maximum Gasteiger partial charge on any atom is 0.429 e. The molecule has 7 nitrogen and oxygen atoms in total. The van der Waals surface area contributed by atoms with Gasteiger partial charge < -0.3 is 9.47 Å². The molecule has 0 N–H and O–H groups in total. The van der Waals surface area contributed by atoms with Gasteiger partial charge in [-0.15, -0.1) is 0 Å². The van der Waals surface area contributed by atoms with Gasteiger partial charge in [-0.05, 0) is 42.2 Å². The molecule has 3 aromatic rings. The smallest absolute Gasteiger partial charge is 0.429 e. The van der Waals surface area contributed by atoms with Crippen molar-refractivity contribution in [2.75, 3.05) is 19.6 Å². The molecule has 0 aromatic heterocycles. The molecule has 0 saturated carbocycles. The standard InChI is InChI=1S/C28H28IN3O4/c29-27(33)31-23-17-24(32(31)28(34)35-20-21-9-3-1-4-10-21)19-30(18-23)16-15-22-11-7-8-14-26(22)36-25-12-5-2-6-13-25/h1-14,23-24H,15-20H2. The quantitative estimate of drug-likeness (QED) is 0.193. The highest BCUT2D eigenvalue weighted by Crippen LogP contribution is 2.33. The van der Waals surface area contributed by atoms with Crippen molar-refractivity contribution in [2.24, 2.45) is 0 Å². The van der Waals surface area contributed by atoms with Crippen molar-refractivity contribution >= 4 is 32.6 Å².